The Morgan fingerprint density at radius 2 is 0.443 bits per heavy atom. The highest BCUT2D eigenvalue weighted by molar-refractivity contribution is 7.20. The van der Waals surface area contributed by atoms with E-state index < -0.39 is 16.1 Å². The maximum absolute atomic E-state index is 2.84. The monoisotopic (exact) mass is 924 g/mol. The van der Waals surface area contributed by atoms with Gasteiger partial charge in [-0.2, -0.15) is 0 Å². The van der Waals surface area contributed by atoms with Crippen LogP contribution in [-0.2, 0) is 0 Å². The molecule has 0 N–H and O–H groups in total. The van der Waals surface area contributed by atoms with Crippen molar-refractivity contribution >= 4 is 101 Å². The number of aromatic nitrogens is 2. The normalized spacial score (nSPS) is 12.0. The molecule has 70 heavy (non-hydrogen) atoms. The molecule has 13 rings (SSSR count). The van der Waals surface area contributed by atoms with Crippen molar-refractivity contribution in [2.75, 3.05) is 0 Å². The van der Waals surface area contributed by atoms with E-state index in [1.54, 1.807) is 0 Å². The lowest BCUT2D eigenvalue weighted by Gasteiger charge is -2.34. The zero-order valence-corrected chi connectivity index (χ0v) is 40.6. The van der Waals surface area contributed by atoms with Crippen molar-refractivity contribution in [3.8, 4) is 11.4 Å². The smallest absolute Gasteiger partial charge is 0.179 e. The van der Waals surface area contributed by atoms with Gasteiger partial charge in [-0.05, 0) is 77.9 Å². The Kier molecular flexibility index (Phi) is 10.2. The van der Waals surface area contributed by atoms with Gasteiger partial charge < -0.3 is 9.13 Å². The Morgan fingerprint density at radius 3 is 0.700 bits per heavy atom. The van der Waals surface area contributed by atoms with Gasteiger partial charge in [-0.1, -0.05) is 255 Å². The van der Waals surface area contributed by atoms with Gasteiger partial charge in [0.15, 0.2) is 16.1 Å². The molecule has 0 amide bonds. The van der Waals surface area contributed by atoms with Crippen LogP contribution in [0.4, 0.5) is 0 Å². The van der Waals surface area contributed by atoms with Crippen molar-refractivity contribution in [2.45, 2.75) is 0 Å². The summed E-state index contributed by atoms with van der Waals surface area (Å²) >= 11 is 0. The largest absolute Gasteiger partial charge is 0.307 e. The molecule has 0 aliphatic heterocycles. The van der Waals surface area contributed by atoms with E-state index in [9.17, 15) is 0 Å². The summed E-state index contributed by atoms with van der Waals surface area (Å²) in [4.78, 5) is 0. The first kappa shape index (κ1) is 41.6. The fourth-order valence-corrected chi connectivity index (χ4v) is 21.4. The molecule has 0 spiro atoms. The molecular weight excluding hydrogens is 877 g/mol. The van der Waals surface area contributed by atoms with E-state index in [0.717, 1.165) is 11.4 Å². The Labute approximate surface area is 410 Å². The standard InChI is InChI=1S/C66H48N2Si2/c1-9-25-49(26-10-1)67-63-45-41-57(69(51-29-13-3-14-30-51,52-31-15-4-16-32-52)53-33-17-5-18-34-53)47-61(63)59-43-44-60-62-48-58(42-46-64(62)68(66(60)65(59)67)50-27-11-2-12-28-50)70(54-35-19-6-20-36-54,55-37-21-7-22-38-55)56-39-23-8-24-40-56/h1-48H. The minimum absolute atomic E-state index is 1.13. The third kappa shape index (κ3) is 6.38. The zero-order chi connectivity index (χ0) is 46.5. The number of hydrogen-bond acceptors (Lipinski definition) is 0. The summed E-state index contributed by atoms with van der Waals surface area (Å²) in [5.74, 6) is 0. The molecule has 0 bridgehead atoms. The molecule has 2 heterocycles. The Bertz CT molecular complexity index is 3500. The minimum atomic E-state index is -2.84. The summed E-state index contributed by atoms with van der Waals surface area (Å²) in [5, 5.41) is 15.8. The van der Waals surface area contributed by atoms with Gasteiger partial charge in [0.1, 0.15) is 0 Å². The molecular formula is C66H48N2Si2. The van der Waals surface area contributed by atoms with Gasteiger partial charge in [0.2, 0.25) is 0 Å². The second-order valence-electron chi connectivity index (χ2n) is 18.4. The quantitative estimate of drug-likeness (QED) is 0.0956. The molecule has 0 aliphatic carbocycles. The van der Waals surface area contributed by atoms with Crippen LogP contribution in [0.1, 0.15) is 0 Å². The van der Waals surface area contributed by atoms with Crippen LogP contribution in [-0.4, -0.2) is 25.3 Å². The van der Waals surface area contributed by atoms with Gasteiger partial charge >= 0.3 is 0 Å². The van der Waals surface area contributed by atoms with E-state index in [2.05, 4.69) is 300 Å². The minimum Gasteiger partial charge on any atom is -0.307 e. The molecule has 0 saturated carbocycles. The third-order valence-electron chi connectivity index (χ3n) is 14.8. The lowest BCUT2D eigenvalue weighted by Crippen LogP contribution is -2.74. The number of rotatable bonds is 10. The van der Waals surface area contributed by atoms with Crippen molar-refractivity contribution in [1.29, 1.82) is 0 Å². The fourth-order valence-electron chi connectivity index (χ4n) is 11.9. The first-order valence-corrected chi connectivity index (χ1v) is 28.3. The second-order valence-corrected chi connectivity index (χ2v) is 26.0. The molecule has 0 radical (unpaired) electrons. The lowest BCUT2D eigenvalue weighted by molar-refractivity contribution is 1.15. The summed E-state index contributed by atoms with van der Waals surface area (Å²) in [6, 6.07) is 109. The maximum atomic E-state index is 2.55. The number of fused-ring (bicyclic) bond motifs is 7. The van der Waals surface area contributed by atoms with Gasteiger partial charge in [-0.15, -0.1) is 0 Å². The van der Waals surface area contributed by atoms with Crippen molar-refractivity contribution in [1.82, 2.24) is 9.13 Å². The molecule has 0 fully saturated rings. The highest BCUT2D eigenvalue weighted by atomic mass is 28.3. The van der Waals surface area contributed by atoms with Gasteiger partial charge in [0.25, 0.3) is 0 Å². The van der Waals surface area contributed by atoms with Crippen molar-refractivity contribution < 1.29 is 0 Å². The van der Waals surface area contributed by atoms with Crippen molar-refractivity contribution in [3.63, 3.8) is 0 Å². The fraction of sp³-hybridized carbons (Fsp3) is 0. The molecule has 330 valence electrons. The number of nitrogens with zero attached hydrogens (tertiary/aromatic N) is 2. The molecule has 4 heteroatoms. The van der Waals surface area contributed by atoms with Gasteiger partial charge in [0.05, 0.1) is 22.1 Å². The van der Waals surface area contributed by atoms with Gasteiger partial charge in [0, 0.05) is 32.9 Å². The first-order valence-electron chi connectivity index (χ1n) is 24.3. The average Bonchev–Trinajstić information content (AvgIpc) is 3.96. The maximum Gasteiger partial charge on any atom is 0.179 e. The SMILES string of the molecule is c1ccc(-n2c3ccc([Si](c4ccccc4)(c4ccccc4)c4ccccc4)cc3c3ccc4c5cc([Si](c6ccccc6)(c6ccccc6)c6ccccc6)ccc5n(-c5ccccc5)c4c32)cc1. The molecule has 2 aromatic heterocycles. The van der Waals surface area contributed by atoms with Crippen LogP contribution in [0.3, 0.4) is 0 Å². The lowest BCUT2D eigenvalue weighted by atomic mass is 10.1. The summed E-state index contributed by atoms with van der Waals surface area (Å²) in [5.41, 5.74) is 7.03. The van der Waals surface area contributed by atoms with Crippen LogP contribution < -0.4 is 41.5 Å². The number of hydrogen-bond donors (Lipinski definition) is 0. The average molecular weight is 925 g/mol. The summed E-state index contributed by atoms with van der Waals surface area (Å²) < 4.78 is 5.06. The molecule has 0 aliphatic rings. The highest BCUT2D eigenvalue weighted by Crippen LogP contribution is 2.41. The van der Waals surface area contributed by atoms with Crippen LogP contribution in [0.2, 0.25) is 0 Å². The second kappa shape index (κ2) is 17.2. The molecule has 2 nitrogen and oxygen atoms in total. The number of benzene rings is 11. The van der Waals surface area contributed by atoms with E-state index in [-0.39, 0.29) is 0 Å². The van der Waals surface area contributed by atoms with Crippen LogP contribution in [0.5, 0.6) is 0 Å². The van der Waals surface area contributed by atoms with E-state index in [1.165, 1.54) is 85.1 Å². The topological polar surface area (TPSA) is 9.86 Å². The summed E-state index contributed by atoms with van der Waals surface area (Å²) in [6.45, 7) is 0. The molecule has 0 saturated heterocycles. The third-order valence-corrected chi connectivity index (χ3v) is 24.3. The Balaban J connectivity index is 1.17. The van der Waals surface area contributed by atoms with Gasteiger partial charge in [-0.25, -0.2) is 0 Å². The van der Waals surface area contributed by atoms with Crippen molar-refractivity contribution in [2.24, 2.45) is 0 Å². The Morgan fingerprint density at radius 1 is 0.200 bits per heavy atom. The van der Waals surface area contributed by atoms with E-state index >= 15 is 0 Å². The van der Waals surface area contributed by atoms with Crippen molar-refractivity contribution in [3.05, 3.63) is 291 Å². The molecule has 0 unspecified atom stereocenters. The predicted octanol–water partition coefficient (Wildman–Crippen LogP) is 10.6. The van der Waals surface area contributed by atoms with E-state index in [1.807, 2.05) is 0 Å². The molecule has 11 aromatic carbocycles. The number of para-hydroxylation sites is 2. The summed E-state index contributed by atoms with van der Waals surface area (Å²) in [7, 11) is -5.67. The van der Waals surface area contributed by atoms with Crippen LogP contribution in [0.15, 0.2) is 291 Å². The first-order chi connectivity index (χ1) is 34.8. The van der Waals surface area contributed by atoms with E-state index in [4.69, 9.17) is 0 Å². The molecule has 13 aromatic rings. The van der Waals surface area contributed by atoms with Crippen LogP contribution in [0, 0.1) is 0 Å². The predicted molar refractivity (Wildman–Crippen MR) is 302 cm³/mol. The van der Waals surface area contributed by atoms with E-state index in [0.29, 0.717) is 0 Å². The highest BCUT2D eigenvalue weighted by Gasteiger charge is 2.43. The Hall–Kier alpha value is -8.55. The van der Waals surface area contributed by atoms with Gasteiger partial charge in [-0.3, -0.25) is 0 Å². The van der Waals surface area contributed by atoms with Crippen LogP contribution >= 0.6 is 0 Å². The zero-order valence-electron chi connectivity index (χ0n) is 38.6. The van der Waals surface area contributed by atoms with Crippen LogP contribution in [0.25, 0.3) is 55.0 Å². The summed E-state index contributed by atoms with van der Waals surface area (Å²) in [6.07, 6.45) is 0. The molecule has 0 atom stereocenters.